The molecule has 3 aromatic carbocycles. The van der Waals surface area contributed by atoms with Gasteiger partial charge in [0.05, 0.1) is 30.4 Å². The van der Waals surface area contributed by atoms with E-state index < -0.39 is 34.2 Å². The van der Waals surface area contributed by atoms with Gasteiger partial charge >= 0.3 is 6.18 Å². The lowest BCUT2D eigenvalue weighted by atomic mass is 9.90. The minimum Gasteiger partial charge on any atom is -0.493 e. The van der Waals surface area contributed by atoms with Gasteiger partial charge in [0.2, 0.25) is 5.91 Å². The van der Waals surface area contributed by atoms with E-state index in [-0.39, 0.29) is 22.1 Å². The fraction of sp³-hybridized carbons (Fsp3) is 0.345. The van der Waals surface area contributed by atoms with E-state index in [4.69, 9.17) is 9.47 Å². The topological polar surface area (TPSA) is 76.2 Å². The number of piperidine rings is 1. The number of alkyl halides is 3. The highest BCUT2D eigenvalue weighted by molar-refractivity contribution is 7.92. The van der Waals surface area contributed by atoms with Gasteiger partial charge in [0.1, 0.15) is 6.54 Å². The zero-order chi connectivity index (χ0) is 28.9. The molecule has 1 amide bonds. The molecule has 1 saturated heterocycles. The predicted molar refractivity (Wildman–Crippen MR) is 145 cm³/mol. The van der Waals surface area contributed by atoms with Gasteiger partial charge in [-0.3, -0.25) is 9.10 Å². The molecule has 0 unspecified atom stereocenters. The normalized spacial score (nSPS) is 14.6. The van der Waals surface area contributed by atoms with Gasteiger partial charge in [0.25, 0.3) is 10.0 Å². The van der Waals surface area contributed by atoms with Crippen LogP contribution in [0, 0.1) is 5.92 Å². The van der Waals surface area contributed by atoms with Gasteiger partial charge in [0, 0.05) is 19.2 Å². The van der Waals surface area contributed by atoms with E-state index in [1.807, 2.05) is 18.2 Å². The number of amides is 1. The average molecular weight is 577 g/mol. The molecule has 214 valence electrons. The van der Waals surface area contributed by atoms with E-state index in [0.717, 1.165) is 41.8 Å². The molecule has 7 nitrogen and oxygen atoms in total. The van der Waals surface area contributed by atoms with Gasteiger partial charge in [0.15, 0.2) is 11.5 Å². The highest BCUT2D eigenvalue weighted by Gasteiger charge is 2.35. The smallest absolute Gasteiger partial charge is 0.416 e. The van der Waals surface area contributed by atoms with E-state index in [1.54, 1.807) is 4.90 Å². The Kier molecular flexibility index (Phi) is 8.92. The van der Waals surface area contributed by atoms with Crippen LogP contribution in [0.3, 0.4) is 0 Å². The van der Waals surface area contributed by atoms with Crippen molar-refractivity contribution in [3.05, 3.63) is 83.9 Å². The van der Waals surface area contributed by atoms with Crippen molar-refractivity contribution in [3.8, 4) is 11.5 Å². The monoisotopic (exact) mass is 576 g/mol. The third-order valence-corrected chi connectivity index (χ3v) is 8.79. The van der Waals surface area contributed by atoms with Crippen molar-refractivity contribution < 1.29 is 35.9 Å². The summed E-state index contributed by atoms with van der Waals surface area (Å²) in [5.41, 5.74) is -0.0763. The number of benzene rings is 3. The summed E-state index contributed by atoms with van der Waals surface area (Å²) in [5, 5.41) is 0. The second-order valence-electron chi connectivity index (χ2n) is 9.59. The van der Waals surface area contributed by atoms with Crippen molar-refractivity contribution in [2.24, 2.45) is 5.92 Å². The number of likely N-dealkylation sites (tertiary alicyclic amines) is 1. The first-order valence-electron chi connectivity index (χ1n) is 12.8. The van der Waals surface area contributed by atoms with Crippen molar-refractivity contribution in [2.75, 3.05) is 38.2 Å². The van der Waals surface area contributed by atoms with Crippen LogP contribution in [0.25, 0.3) is 0 Å². The van der Waals surface area contributed by atoms with Crippen LogP contribution >= 0.6 is 0 Å². The standard InChI is InChI=1S/C29H31F3N2O5S/c1-38-26-12-11-25(19-27(26)39-2)40(36,37)34(24-10-6-9-23(18-24)29(30,31)32)20-28(35)33-15-13-22(14-16-33)17-21-7-4-3-5-8-21/h3-12,18-19,22H,13-17,20H2,1-2H3. The first-order valence-corrected chi connectivity index (χ1v) is 14.2. The number of rotatable bonds is 9. The lowest BCUT2D eigenvalue weighted by Gasteiger charge is -2.34. The molecule has 0 saturated carbocycles. The molecule has 0 spiro atoms. The Morgan fingerprint density at radius 3 is 2.23 bits per heavy atom. The quantitative estimate of drug-likeness (QED) is 0.341. The summed E-state index contributed by atoms with van der Waals surface area (Å²) >= 11 is 0. The first kappa shape index (κ1) is 29.3. The Hall–Kier alpha value is -3.73. The zero-order valence-electron chi connectivity index (χ0n) is 22.2. The van der Waals surface area contributed by atoms with Crippen molar-refractivity contribution in [2.45, 2.75) is 30.3 Å². The van der Waals surface area contributed by atoms with E-state index in [2.05, 4.69) is 12.1 Å². The molecule has 1 aliphatic rings. The van der Waals surface area contributed by atoms with Gasteiger partial charge in [-0.25, -0.2) is 8.42 Å². The molecular weight excluding hydrogens is 545 g/mol. The highest BCUT2D eigenvalue weighted by atomic mass is 32.2. The summed E-state index contributed by atoms with van der Waals surface area (Å²) < 4.78 is 79.3. The lowest BCUT2D eigenvalue weighted by molar-refractivity contribution is -0.137. The van der Waals surface area contributed by atoms with Gasteiger partial charge in [-0.05, 0) is 61.1 Å². The minimum atomic E-state index is -4.70. The van der Waals surface area contributed by atoms with Crippen molar-refractivity contribution in [1.82, 2.24) is 4.90 Å². The molecule has 1 aliphatic heterocycles. The molecule has 1 fully saturated rings. The molecule has 1 heterocycles. The second-order valence-corrected chi connectivity index (χ2v) is 11.5. The fourth-order valence-electron chi connectivity index (χ4n) is 4.81. The van der Waals surface area contributed by atoms with E-state index in [1.165, 1.54) is 44.0 Å². The summed E-state index contributed by atoms with van der Waals surface area (Å²) in [6, 6.07) is 17.8. The number of nitrogens with zero attached hydrogens (tertiary/aromatic N) is 2. The average Bonchev–Trinajstić information content (AvgIpc) is 2.95. The molecule has 0 N–H and O–H groups in total. The summed E-state index contributed by atoms with van der Waals surface area (Å²) in [4.78, 5) is 14.7. The Morgan fingerprint density at radius 2 is 1.60 bits per heavy atom. The van der Waals surface area contributed by atoms with Crippen LogP contribution in [0.1, 0.15) is 24.0 Å². The molecule has 3 aromatic rings. The van der Waals surface area contributed by atoms with Crippen LogP contribution in [-0.2, 0) is 27.4 Å². The molecule has 0 aromatic heterocycles. The van der Waals surface area contributed by atoms with E-state index >= 15 is 0 Å². The molecule has 0 bridgehead atoms. The number of sulfonamides is 1. The molecule has 0 radical (unpaired) electrons. The Balaban J connectivity index is 1.60. The summed E-state index contributed by atoms with van der Waals surface area (Å²) in [5.74, 6) is 0.294. The van der Waals surface area contributed by atoms with E-state index in [9.17, 15) is 26.4 Å². The van der Waals surface area contributed by atoms with Crippen LogP contribution in [0.2, 0.25) is 0 Å². The number of hydrogen-bond acceptors (Lipinski definition) is 5. The molecular formula is C29H31F3N2O5S. The zero-order valence-corrected chi connectivity index (χ0v) is 23.0. The minimum absolute atomic E-state index is 0.124. The molecule has 11 heteroatoms. The molecule has 4 rings (SSSR count). The van der Waals surface area contributed by atoms with Crippen molar-refractivity contribution in [1.29, 1.82) is 0 Å². The predicted octanol–water partition coefficient (Wildman–Crippen LogP) is 5.40. The maximum atomic E-state index is 13.8. The van der Waals surface area contributed by atoms with Crippen molar-refractivity contribution >= 4 is 21.6 Å². The maximum absolute atomic E-state index is 13.8. The third kappa shape index (κ3) is 6.70. The Labute approximate surface area is 232 Å². The van der Waals surface area contributed by atoms with Crippen molar-refractivity contribution in [3.63, 3.8) is 0 Å². The van der Waals surface area contributed by atoms with Crippen LogP contribution in [0.15, 0.2) is 77.7 Å². The second kappa shape index (κ2) is 12.2. The number of carbonyl (C=O) groups is 1. The van der Waals surface area contributed by atoms with Crippen LogP contribution in [0.5, 0.6) is 11.5 Å². The Morgan fingerprint density at radius 1 is 0.925 bits per heavy atom. The summed E-state index contributed by atoms with van der Waals surface area (Å²) in [6.45, 7) is 0.216. The van der Waals surface area contributed by atoms with Crippen LogP contribution in [-0.4, -0.2) is 53.1 Å². The maximum Gasteiger partial charge on any atom is 0.416 e. The number of ether oxygens (including phenoxy) is 2. The van der Waals surface area contributed by atoms with Crippen LogP contribution in [0.4, 0.5) is 18.9 Å². The summed E-state index contributed by atoms with van der Waals surface area (Å²) in [7, 11) is -1.75. The molecule has 0 atom stereocenters. The number of hydrogen-bond donors (Lipinski definition) is 0. The molecule has 0 aliphatic carbocycles. The number of methoxy groups -OCH3 is 2. The largest absolute Gasteiger partial charge is 0.493 e. The van der Waals surface area contributed by atoms with Gasteiger partial charge in [-0.1, -0.05) is 36.4 Å². The number of carbonyl (C=O) groups excluding carboxylic acids is 1. The number of anilines is 1. The van der Waals surface area contributed by atoms with Gasteiger partial charge in [-0.15, -0.1) is 0 Å². The highest BCUT2D eigenvalue weighted by Crippen LogP contribution is 2.35. The molecule has 40 heavy (non-hydrogen) atoms. The summed E-state index contributed by atoms with van der Waals surface area (Å²) in [6.07, 6.45) is -2.33. The Bertz CT molecular complexity index is 1420. The third-order valence-electron chi connectivity index (χ3n) is 7.02. The van der Waals surface area contributed by atoms with E-state index in [0.29, 0.717) is 19.0 Å². The van der Waals surface area contributed by atoms with Gasteiger partial charge < -0.3 is 14.4 Å². The first-order chi connectivity index (χ1) is 19.0. The lowest BCUT2D eigenvalue weighted by Crippen LogP contribution is -2.46. The SMILES string of the molecule is COc1ccc(S(=O)(=O)N(CC(=O)N2CCC(Cc3ccccc3)CC2)c2cccc(C(F)(F)F)c2)cc1OC. The number of halogens is 3. The van der Waals surface area contributed by atoms with Gasteiger partial charge in [-0.2, -0.15) is 13.2 Å². The van der Waals surface area contributed by atoms with Crippen LogP contribution < -0.4 is 13.8 Å². The fourth-order valence-corrected chi connectivity index (χ4v) is 6.24.